The lowest BCUT2D eigenvalue weighted by Gasteiger charge is -2.12. The molecule has 2 aliphatic rings. The number of hydrogen-bond acceptors (Lipinski definition) is 3. The van der Waals surface area contributed by atoms with Crippen molar-refractivity contribution in [2.24, 2.45) is 5.92 Å². The molecule has 2 bridgehead atoms. The number of hydrogen-bond donors (Lipinski definition) is 0. The summed E-state index contributed by atoms with van der Waals surface area (Å²) in [6.45, 7) is 2.28. The van der Waals surface area contributed by atoms with Gasteiger partial charge >= 0.3 is 5.97 Å². The van der Waals surface area contributed by atoms with Gasteiger partial charge in [-0.3, -0.25) is 4.79 Å². The van der Waals surface area contributed by atoms with Crippen molar-refractivity contribution in [3.63, 3.8) is 0 Å². The average molecular weight is 168 g/mol. The zero-order valence-electron chi connectivity index (χ0n) is 7.03. The topological polar surface area (TPSA) is 35.5 Å². The lowest BCUT2D eigenvalue weighted by atomic mass is 9.95. The summed E-state index contributed by atoms with van der Waals surface area (Å²) in [6.07, 6.45) is 4.90. The first-order chi connectivity index (χ1) is 5.81. The van der Waals surface area contributed by atoms with Crippen LogP contribution in [0.3, 0.4) is 0 Å². The molecule has 2 aliphatic heterocycles. The minimum Gasteiger partial charge on any atom is -0.466 e. The first-order valence-electron chi connectivity index (χ1n) is 4.31. The summed E-state index contributed by atoms with van der Waals surface area (Å²) in [7, 11) is 0. The van der Waals surface area contributed by atoms with Crippen LogP contribution in [0.1, 0.15) is 13.3 Å². The van der Waals surface area contributed by atoms with Crippen LogP contribution in [0, 0.1) is 5.92 Å². The van der Waals surface area contributed by atoms with Crippen molar-refractivity contribution in [2.75, 3.05) is 6.61 Å². The fraction of sp³-hybridized carbons (Fsp3) is 0.667. The third-order valence-corrected chi connectivity index (χ3v) is 2.32. The van der Waals surface area contributed by atoms with Gasteiger partial charge in [0.05, 0.1) is 24.7 Å². The number of carbonyl (C=O) groups is 1. The molecule has 0 aromatic heterocycles. The molecule has 2 heterocycles. The van der Waals surface area contributed by atoms with E-state index in [4.69, 9.17) is 9.47 Å². The Bertz CT molecular complexity index is 222. The highest BCUT2D eigenvalue weighted by Crippen LogP contribution is 2.34. The van der Waals surface area contributed by atoms with Crippen molar-refractivity contribution in [1.29, 1.82) is 0 Å². The molecule has 0 N–H and O–H groups in total. The van der Waals surface area contributed by atoms with Crippen LogP contribution in [0.15, 0.2) is 12.2 Å². The molecule has 0 aromatic rings. The maximum absolute atomic E-state index is 11.3. The minimum atomic E-state index is -0.116. The number of rotatable bonds is 2. The van der Waals surface area contributed by atoms with Crippen molar-refractivity contribution >= 4 is 5.97 Å². The lowest BCUT2D eigenvalue weighted by molar-refractivity contribution is -0.148. The Labute approximate surface area is 71.3 Å². The van der Waals surface area contributed by atoms with Crippen LogP contribution < -0.4 is 0 Å². The molecule has 3 nitrogen and oxygen atoms in total. The van der Waals surface area contributed by atoms with Gasteiger partial charge in [0.15, 0.2) is 0 Å². The van der Waals surface area contributed by atoms with Crippen molar-refractivity contribution in [2.45, 2.75) is 25.6 Å². The van der Waals surface area contributed by atoms with E-state index in [1.807, 2.05) is 19.1 Å². The first kappa shape index (κ1) is 7.80. The fourth-order valence-corrected chi connectivity index (χ4v) is 1.75. The van der Waals surface area contributed by atoms with Gasteiger partial charge in [-0.05, 0) is 13.3 Å². The molecule has 0 aromatic carbocycles. The maximum Gasteiger partial charge on any atom is 0.312 e. The Morgan fingerprint density at radius 1 is 1.67 bits per heavy atom. The third kappa shape index (κ3) is 1.14. The SMILES string of the molecule is CCOC(=O)[C@H]1C[C@H]2C=C[C@@H]1O2. The van der Waals surface area contributed by atoms with Crippen molar-refractivity contribution < 1.29 is 14.3 Å². The fourth-order valence-electron chi connectivity index (χ4n) is 1.75. The van der Waals surface area contributed by atoms with Gasteiger partial charge in [0, 0.05) is 0 Å². The van der Waals surface area contributed by atoms with Crippen LogP contribution in [-0.2, 0) is 14.3 Å². The molecule has 0 spiro atoms. The predicted octanol–water partition coefficient (Wildman–Crippen LogP) is 0.893. The molecule has 2 rings (SSSR count). The van der Waals surface area contributed by atoms with Gasteiger partial charge < -0.3 is 9.47 Å². The smallest absolute Gasteiger partial charge is 0.312 e. The van der Waals surface area contributed by atoms with Crippen LogP contribution in [0.5, 0.6) is 0 Å². The minimum absolute atomic E-state index is 0.0194. The Morgan fingerprint density at radius 2 is 2.50 bits per heavy atom. The molecule has 0 radical (unpaired) electrons. The standard InChI is InChI=1S/C9H12O3/c1-2-11-9(10)7-5-6-3-4-8(7)12-6/h3-4,6-8H,2,5H2,1H3/t6-,7+,8+/m1/s1. The molecule has 1 saturated heterocycles. The van der Waals surface area contributed by atoms with Crippen molar-refractivity contribution in [3.05, 3.63) is 12.2 Å². The summed E-state index contributed by atoms with van der Waals surface area (Å²) in [5.74, 6) is -0.172. The highest BCUT2D eigenvalue weighted by molar-refractivity contribution is 5.74. The molecular formula is C9H12O3. The van der Waals surface area contributed by atoms with E-state index in [0.29, 0.717) is 6.61 Å². The zero-order chi connectivity index (χ0) is 8.55. The number of ether oxygens (including phenoxy) is 2. The second kappa shape index (κ2) is 2.90. The van der Waals surface area contributed by atoms with E-state index in [1.54, 1.807) is 0 Å². The number of esters is 1. The average Bonchev–Trinajstić information content (AvgIpc) is 2.64. The summed E-state index contributed by atoms with van der Waals surface area (Å²) in [6, 6.07) is 0. The van der Waals surface area contributed by atoms with Crippen LogP contribution in [0.25, 0.3) is 0 Å². The van der Waals surface area contributed by atoms with E-state index in [9.17, 15) is 4.79 Å². The Morgan fingerprint density at radius 3 is 3.00 bits per heavy atom. The lowest BCUT2D eigenvalue weighted by Crippen LogP contribution is -2.25. The number of fused-ring (bicyclic) bond motifs is 2. The van der Waals surface area contributed by atoms with Gasteiger partial charge in [-0.2, -0.15) is 0 Å². The third-order valence-electron chi connectivity index (χ3n) is 2.32. The van der Waals surface area contributed by atoms with E-state index in [2.05, 4.69) is 0 Å². The highest BCUT2D eigenvalue weighted by Gasteiger charge is 2.41. The first-order valence-corrected chi connectivity index (χ1v) is 4.31. The summed E-state index contributed by atoms with van der Waals surface area (Å²) in [5, 5.41) is 0. The van der Waals surface area contributed by atoms with Gasteiger partial charge in [-0.15, -0.1) is 0 Å². The highest BCUT2D eigenvalue weighted by atomic mass is 16.5. The second-order valence-corrected chi connectivity index (χ2v) is 3.12. The van der Waals surface area contributed by atoms with E-state index in [1.165, 1.54) is 0 Å². The number of carbonyl (C=O) groups excluding carboxylic acids is 1. The molecule has 0 amide bonds. The molecule has 12 heavy (non-hydrogen) atoms. The molecule has 0 saturated carbocycles. The summed E-state index contributed by atoms with van der Waals surface area (Å²) in [4.78, 5) is 11.3. The molecule has 3 atom stereocenters. The van der Waals surface area contributed by atoms with E-state index >= 15 is 0 Å². The van der Waals surface area contributed by atoms with Crippen LogP contribution in [-0.4, -0.2) is 24.8 Å². The molecule has 3 heteroatoms. The van der Waals surface area contributed by atoms with Crippen molar-refractivity contribution in [1.82, 2.24) is 0 Å². The van der Waals surface area contributed by atoms with Gasteiger partial charge in [-0.1, -0.05) is 12.2 Å². The Hall–Kier alpha value is -0.830. The molecule has 1 fully saturated rings. The van der Waals surface area contributed by atoms with E-state index < -0.39 is 0 Å². The van der Waals surface area contributed by atoms with E-state index in [0.717, 1.165) is 6.42 Å². The summed E-state index contributed by atoms with van der Waals surface area (Å²) >= 11 is 0. The van der Waals surface area contributed by atoms with E-state index in [-0.39, 0.29) is 24.1 Å². The zero-order valence-corrected chi connectivity index (χ0v) is 7.03. The molecule has 0 aliphatic carbocycles. The Kier molecular flexibility index (Phi) is 1.89. The van der Waals surface area contributed by atoms with Crippen LogP contribution >= 0.6 is 0 Å². The van der Waals surface area contributed by atoms with Crippen LogP contribution in [0.4, 0.5) is 0 Å². The summed E-state index contributed by atoms with van der Waals surface area (Å²) in [5.41, 5.74) is 0. The summed E-state index contributed by atoms with van der Waals surface area (Å²) < 4.78 is 10.4. The Balaban J connectivity index is 1.98. The largest absolute Gasteiger partial charge is 0.466 e. The van der Waals surface area contributed by atoms with Gasteiger partial charge in [0.1, 0.15) is 0 Å². The maximum atomic E-state index is 11.3. The predicted molar refractivity (Wildman–Crippen MR) is 42.5 cm³/mol. The van der Waals surface area contributed by atoms with Crippen LogP contribution in [0.2, 0.25) is 0 Å². The molecule has 66 valence electrons. The van der Waals surface area contributed by atoms with Gasteiger partial charge in [0.2, 0.25) is 0 Å². The monoisotopic (exact) mass is 168 g/mol. The normalized spacial score (nSPS) is 37.2. The van der Waals surface area contributed by atoms with Gasteiger partial charge in [-0.25, -0.2) is 0 Å². The molecular weight excluding hydrogens is 156 g/mol. The van der Waals surface area contributed by atoms with Crippen molar-refractivity contribution in [3.8, 4) is 0 Å². The quantitative estimate of drug-likeness (QED) is 0.454. The second-order valence-electron chi connectivity index (χ2n) is 3.12. The molecule has 0 unspecified atom stereocenters. The van der Waals surface area contributed by atoms with Gasteiger partial charge in [0.25, 0.3) is 0 Å².